The molecular weight excluding hydrogens is 338 g/mol. The molecule has 0 saturated carbocycles. The Morgan fingerprint density at radius 2 is 1.72 bits per heavy atom. The third-order valence-corrected chi connectivity index (χ3v) is 6.86. The van der Waals surface area contributed by atoms with Crippen LogP contribution in [0.25, 0.3) is 0 Å². The van der Waals surface area contributed by atoms with Crippen LogP contribution in [0.2, 0.25) is 0 Å². The van der Waals surface area contributed by atoms with Crippen molar-refractivity contribution in [2.45, 2.75) is 49.5 Å². The van der Waals surface area contributed by atoms with Gasteiger partial charge in [0.25, 0.3) is 5.91 Å². The van der Waals surface area contributed by atoms with Gasteiger partial charge >= 0.3 is 0 Å². The fourth-order valence-electron chi connectivity index (χ4n) is 3.45. The van der Waals surface area contributed by atoms with Crippen molar-refractivity contribution >= 4 is 15.9 Å². The van der Waals surface area contributed by atoms with Crippen molar-refractivity contribution in [3.63, 3.8) is 0 Å². The number of nitrogens with one attached hydrogen (secondary N) is 2. The Balaban J connectivity index is 1.67. The second-order valence-electron chi connectivity index (χ2n) is 6.86. The van der Waals surface area contributed by atoms with Crippen LogP contribution in [0.3, 0.4) is 0 Å². The van der Waals surface area contributed by atoms with Crippen molar-refractivity contribution in [2.24, 2.45) is 0 Å². The molecule has 2 aliphatic heterocycles. The lowest BCUT2D eigenvalue weighted by atomic mass is 10.1. The first-order chi connectivity index (χ1) is 12.1. The Bertz CT molecular complexity index is 674. The zero-order valence-corrected chi connectivity index (χ0v) is 15.4. The third-order valence-electron chi connectivity index (χ3n) is 4.95. The first kappa shape index (κ1) is 18.4. The summed E-state index contributed by atoms with van der Waals surface area (Å²) in [6.45, 7) is 2.95. The highest BCUT2D eigenvalue weighted by molar-refractivity contribution is 7.89. The van der Waals surface area contributed by atoms with Crippen LogP contribution < -0.4 is 10.6 Å². The van der Waals surface area contributed by atoms with Crippen molar-refractivity contribution in [1.29, 1.82) is 0 Å². The molecule has 0 radical (unpaired) electrons. The highest BCUT2D eigenvalue weighted by Crippen LogP contribution is 2.20. The molecule has 1 atom stereocenters. The molecule has 7 heteroatoms. The summed E-state index contributed by atoms with van der Waals surface area (Å²) in [7, 11) is -3.46. The van der Waals surface area contributed by atoms with E-state index >= 15 is 0 Å². The number of carbonyl (C=O) groups excluding carboxylic acids is 1. The number of benzene rings is 1. The Labute approximate surface area is 150 Å². The number of rotatable bonds is 4. The number of sulfonamides is 1. The summed E-state index contributed by atoms with van der Waals surface area (Å²) >= 11 is 0. The second kappa shape index (κ2) is 8.29. The number of carbonyl (C=O) groups is 1. The zero-order chi connectivity index (χ0) is 17.7. The van der Waals surface area contributed by atoms with Gasteiger partial charge in [-0.2, -0.15) is 4.31 Å². The highest BCUT2D eigenvalue weighted by Gasteiger charge is 2.25. The van der Waals surface area contributed by atoms with Crippen LogP contribution in [0.1, 0.15) is 48.9 Å². The van der Waals surface area contributed by atoms with Gasteiger partial charge in [-0.15, -0.1) is 0 Å². The standard InChI is InChI=1S/C18H27N3O3S/c22-18(20-16-6-5-11-19-14-16)15-7-9-17(10-8-15)25(23,24)21-12-3-1-2-4-13-21/h7-10,16,19H,1-6,11-14H2,(H,20,22)/t16-/m0/s1. The summed E-state index contributed by atoms with van der Waals surface area (Å²) in [5.41, 5.74) is 0.500. The lowest BCUT2D eigenvalue weighted by Crippen LogP contribution is -2.45. The minimum Gasteiger partial charge on any atom is -0.348 e. The summed E-state index contributed by atoms with van der Waals surface area (Å²) in [5, 5.41) is 6.27. The number of piperidine rings is 1. The molecule has 0 bridgehead atoms. The Morgan fingerprint density at radius 1 is 1.04 bits per heavy atom. The van der Waals surface area contributed by atoms with Gasteiger partial charge in [0.1, 0.15) is 0 Å². The molecule has 0 aromatic heterocycles. The number of hydrogen-bond donors (Lipinski definition) is 2. The molecule has 0 spiro atoms. The van der Waals surface area contributed by atoms with Crippen LogP contribution in [-0.2, 0) is 10.0 Å². The minimum atomic E-state index is -3.46. The van der Waals surface area contributed by atoms with Gasteiger partial charge in [-0.3, -0.25) is 4.79 Å². The van der Waals surface area contributed by atoms with Crippen LogP contribution in [0.5, 0.6) is 0 Å². The molecule has 2 aliphatic rings. The van der Waals surface area contributed by atoms with Crippen LogP contribution in [0.4, 0.5) is 0 Å². The smallest absolute Gasteiger partial charge is 0.251 e. The third kappa shape index (κ3) is 4.59. The normalized spacial score (nSPS) is 23.0. The van der Waals surface area contributed by atoms with Gasteiger partial charge < -0.3 is 10.6 Å². The molecule has 1 aromatic rings. The molecule has 25 heavy (non-hydrogen) atoms. The minimum absolute atomic E-state index is 0.141. The molecular formula is C18H27N3O3S. The molecule has 138 valence electrons. The maximum atomic E-state index is 12.8. The van der Waals surface area contributed by atoms with E-state index in [1.165, 1.54) is 0 Å². The van der Waals surface area contributed by atoms with Crippen molar-refractivity contribution in [3.05, 3.63) is 29.8 Å². The first-order valence-corrected chi connectivity index (χ1v) is 10.6. The van der Waals surface area contributed by atoms with E-state index in [0.29, 0.717) is 18.7 Å². The SMILES string of the molecule is O=C(N[C@H]1CCCNC1)c1ccc(S(=O)(=O)N2CCCCCC2)cc1. The second-order valence-corrected chi connectivity index (χ2v) is 8.80. The molecule has 6 nitrogen and oxygen atoms in total. The van der Waals surface area contributed by atoms with Crippen molar-refractivity contribution in [1.82, 2.24) is 14.9 Å². The topological polar surface area (TPSA) is 78.5 Å². The Morgan fingerprint density at radius 3 is 2.32 bits per heavy atom. The molecule has 0 unspecified atom stereocenters. The molecule has 0 aliphatic carbocycles. The average molecular weight is 365 g/mol. The number of amides is 1. The molecule has 2 saturated heterocycles. The summed E-state index contributed by atoms with van der Waals surface area (Å²) < 4.78 is 27.1. The van der Waals surface area contributed by atoms with E-state index in [0.717, 1.165) is 51.6 Å². The predicted molar refractivity (Wildman–Crippen MR) is 97.0 cm³/mol. The van der Waals surface area contributed by atoms with Crippen molar-refractivity contribution in [2.75, 3.05) is 26.2 Å². The summed E-state index contributed by atoms with van der Waals surface area (Å²) in [4.78, 5) is 12.6. The van der Waals surface area contributed by atoms with Crippen molar-refractivity contribution in [3.8, 4) is 0 Å². The number of nitrogens with zero attached hydrogens (tertiary/aromatic N) is 1. The van der Waals surface area contributed by atoms with E-state index in [2.05, 4.69) is 10.6 Å². The van der Waals surface area contributed by atoms with E-state index in [1.54, 1.807) is 28.6 Å². The van der Waals surface area contributed by atoms with Crippen molar-refractivity contribution < 1.29 is 13.2 Å². The lowest BCUT2D eigenvalue weighted by Gasteiger charge is -2.24. The monoisotopic (exact) mass is 365 g/mol. The molecule has 1 aromatic carbocycles. The highest BCUT2D eigenvalue weighted by atomic mass is 32.2. The Kier molecular flexibility index (Phi) is 6.09. The Hall–Kier alpha value is -1.44. The van der Waals surface area contributed by atoms with Gasteiger partial charge in [-0.1, -0.05) is 12.8 Å². The van der Waals surface area contributed by atoms with Gasteiger partial charge in [0.15, 0.2) is 0 Å². The van der Waals surface area contributed by atoms with E-state index < -0.39 is 10.0 Å². The van der Waals surface area contributed by atoms with E-state index in [4.69, 9.17) is 0 Å². The molecule has 2 heterocycles. The van der Waals surface area contributed by atoms with Gasteiger partial charge in [0.2, 0.25) is 10.0 Å². The van der Waals surface area contributed by atoms with E-state index in [9.17, 15) is 13.2 Å². The van der Waals surface area contributed by atoms with Gasteiger partial charge in [0, 0.05) is 31.2 Å². The maximum Gasteiger partial charge on any atom is 0.251 e. The largest absolute Gasteiger partial charge is 0.348 e. The van der Waals surface area contributed by atoms with Crippen LogP contribution >= 0.6 is 0 Å². The summed E-state index contributed by atoms with van der Waals surface area (Å²) in [6.07, 6.45) is 6.02. The van der Waals surface area contributed by atoms with E-state index in [-0.39, 0.29) is 16.8 Å². The van der Waals surface area contributed by atoms with Crippen LogP contribution in [-0.4, -0.2) is 50.9 Å². The summed E-state index contributed by atoms with van der Waals surface area (Å²) in [6, 6.07) is 6.46. The fraction of sp³-hybridized carbons (Fsp3) is 0.611. The predicted octanol–water partition coefficient (Wildman–Crippen LogP) is 1.73. The lowest BCUT2D eigenvalue weighted by molar-refractivity contribution is 0.0930. The molecule has 2 fully saturated rings. The molecule has 2 N–H and O–H groups in total. The number of hydrogen-bond acceptors (Lipinski definition) is 4. The molecule has 3 rings (SSSR count). The first-order valence-electron chi connectivity index (χ1n) is 9.19. The quantitative estimate of drug-likeness (QED) is 0.852. The van der Waals surface area contributed by atoms with Crippen LogP contribution in [0, 0.1) is 0 Å². The molecule has 1 amide bonds. The average Bonchev–Trinajstić information content (AvgIpc) is 2.93. The van der Waals surface area contributed by atoms with Gasteiger partial charge in [-0.05, 0) is 56.5 Å². The van der Waals surface area contributed by atoms with Gasteiger partial charge in [-0.25, -0.2) is 8.42 Å². The van der Waals surface area contributed by atoms with E-state index in [1.807, 2.05) is 0 Å². The maximum absolute atomic E-state index is 12.8. The zero-order valence-electron chi connectivity index (χ0n) is 14.5. The van der Waals surface area contributed by atoms with Gasteiger partial charge in [0.05, 0.1) is 4.90 Å². The fourth-order valence-corrected chi connectivity index (χ4v) is 4.97. The van der Waals surface area contributed by atoms with Crippen LogP contribution in [0.15, 0.2) is 29.2 Å². The summed E-state index contributed by atoms with van der Waals surface area (Å²) in [5.74, 6) is -0.146.